The summed E-state index contributed by atoms with van der Waals surface area (Å²) < 4.78 is 11.4. The van der Waals surface area contributed by atoms with Gasteiger partial charge in [0, 0.05) is 12.0 Å². The molecule has 0 unspecified atom stereocenters. The van der Waals surface area contributed by atoms with Gasteiger partial charge in [0.05, 0.1) is 24.8 Å². The van der Waals surface area contributed by atoms with Crippen LogP contribution in [0.3, 0.4) is 0 Å². The Morgan fingerprint density at radius 1 is 1.27 bits per heavy atom. The molecule has 1 fully saturated rings. The molecule has 2 aliphatic rings. The van der Waals surface area contributed by atoms with Crippen LogP contribution >= 0.6 is 0 Å². The van der Waals surface area contributed by atoms with Gasteiger partial charge in [-0.25, -0.2) is 0 Å². The topological polar surface area (TPSA) is 42.2 Å². The fraction of sp³-hybridized carbons (Fsp3) is 0.417. The second-order valence-corrected chi connectivity index (χ2v) is 3.93. The number of hydrogen-bond acceptors (Lipinski definition) is 3. The molecule has 3 nitrogen and oxygen atoms in total. The van der Waals surface area contributed by atoms with Crippen molar-refractivity contribution in [3.05, 3.63) is 34.9 Å². The van der Waals surface area contributed by atoms with Crippen molar-refractivity contribution >= 4 is 0 Å². The van der Waals surface area contributed by atoms with E-state index in [0.29, 0.717) is 18.8 Å². The summed E-state index contributed by atoms with van der Waals surface area (Å²) in [5, 5.41) is 8.87. The Bertz CT molecular complexity index is 441. The van der Waals surface area contributed by atoms with E-state index in [9.17, 15) is 0 Å². The molecule has 1 aliphatic carbocycles. The molecule has 0 saturated carbocycles. The van der Waals surface area contributed by atoms with Gasteiger partial charge in [0.1, 0.15) is 0 Å². The Morgan fingerprint density at radius 3 is 2.80 bits per heavy atom. The average Bonchev–Trinajstić information content (AvgIpc) is 2.89. The standard InChI is InChI=1S/C12H11NO2/c13-8-9-1-2-10-3-4-12(11(10)7-9)14-5-6-15-12/h1-2,7H,3-6H2. The van der Waals surface area contributed by atoms with Crippen molar-refractivity contribution in [3.8, 4) is 6.07 Å². The van der Waals surface area contributed by atoms with Crippen molar-refractivity contribution < 1.29 is 9.47 Å². The molecule has 15 heavy (non-hydrogen) atoms. The third-order valence-corrected chi connectivity index (χ3v) is 3.13. The number of nitrogens with zero attached hydrogens (tertiary/aromatic N) is 1. The van der Waals surface area contributed by atoms with E-state index in [-0.39, 0.29) is 0 Å². The number of hydrogen-bond donors (Lipinski definition) is 0. The summed E-state index contributed by atoms with van der Waals surface area (Å²) in [6.45, 7) is 1.30. The van der Waals surface area contributed by atoms with Crippen molar-refractivity contribution in [2.75, 3.05) is 13.2 Å². The van der Waals surface area contributed by atoms with Crippen LogP contribution in [-0.2, 0) is 21.7 Å². The minimum absolute atomic E-state index is 0.539. The maximum absolute atomic E-state index is 8.87. The van der Waals surface area contributed by atoms with Crippen LogP contribution in [0.15, 0.2) is 18.2 Å². The van der Waals surface area contributed by atoms with E-state index in [2.05, 4.69) is 6.07 Å². The highest BCUT2D eigenvalue weighted by Crippen LogP contribution is 2.43. The predicted molar refractivity (Wildman–Crippen MR) is 53.1 cm³/mol. The van der Waals surface area contributed by atoms with Crippen LogP contribution in [0.5, 0.6) is 0 Å². The Kier molecular flexibility index (Phi) is 1.82. The molecule has 1 saturated heterocycles. The highest BCUT2D eigenvalue weighted by molar-refractivity contribution is 5.43. The number of fused-ring (bicyclic) bond motifs is 2. The van der Waals surface area contributed by atoms with E-state index < -0.39 is 5.79 Å². The molecule has 1 heterocycles. The molecular weight excluding hydrogens is 190 g/mol. The van der Waals surface area contributed by atoms with Gasteiger partial charge in [0.2, 0.25) is 0 Å². The summed E-state index contributed by atoms with van der Waals surface area (Å²) in [5.41, 5.74) is 2.98. The Balaban J connectivity index is 2.12. The highest BCUT2D eigenvalue weighted by Gasteiger charge is 2.44. The lowest BCUT2D eigenvalue weighted by Crippen LogP contribution is -2.23. The van der Waals surface area contributed by atoms with E-state index in [4.69, 9.17) is 14.7 Å². The van der Waals surface area contributed by atoms with Gasteiger partial charge in [-0.3, -0.25) is 0 Å². The quantitative estimate of drug-likeness (QED) is 0.641. The van der Waals surface area contributed by atoms with E-state index in [1.165, 1.54) is 5.56 Å². The molecule has 0 atom stereocenters. The fourth-order valence-electron chi connectivity index (χ4n) is 2.41. The van der Waals surface area contributed by atoms with Gasteiger partial charge in [0.25, 0.3) is 0 Å². The zero-order valence-electron chi connectivity index (χ0n) is 8.32. The fourth-order valence-corrected chi connectivity index (χ4v) is 2.41. The van der Waals surface area contributed by atoms with Gasteiger partial charge in [-0.15, -0.1) is 0 Å². The second-order valence-electron chi connectivity index (χ2n) is 3.93. The lowest BCUT2D eigenvalue weighted by Gasteiger charge is -2.22. The van der Waals surface area contributed by atoms with E-state index in [0.717, 1.165) is 18.4 Å². The van der Waals surface area contributed by atoms with Crippen molar-refractivity contribution in [2.45, 2.75) is 18.6 Å². The molecule has 3 rings (SSSR count). The van der Waals surface area contributed by atoms with Gasteiger partial charge in [-0.05, 0) is 24.1 Å². The molecule has 1 aromatic rings. The summed E-state index contributed by atoms with van der Waals surface area (Å²) >= 11 is 0. The minimum Gasteiger partial charge on any atom is -0.343 e. The predicted octanol–water partition coefficient (Wildman–Crippen LogP) is 1.70. The second kappa shape index (κ2) is 3.06. The molecular formula is C12H11NO2. The Morgan fingerprint density at radius 2 is 2.07 bits per heavy atom. The van der Waals surface area contributed by atoms with Gasteiger partial charge in [-0.1, -0.05) is 6.07 Å². The normalized spacial score (nSPS) is 21.5. The van der Waals surface area contributed by atoms with Crippen LogP contribution in [0.2, 0.25) is 0 Å². The summed E-state index contributed by atoms with van der Waals surface area (Å²) in [4.78, 5) is 0. The van der Waals surface area contributed by atoms with Crippen LogP contribution in [0.1, 0.15) is 23.1 Å². The zero-order chi connectivity index (χ0) is 10.3. The molecule has 3 heteroatoms. The molecule has 0 radical (unpaired) electrons. The van der Waals surface area contributed by atoms with Gasteiger partial charge in [0.15, 0.2) is 5.79 Å². The highest BCUT2D eigenvalue weighted by atomic mass is 16.7. The third-order valence-electron chi connectivity index (χ3n) is 3.13. The molecule has 1 aliphatic heterocycles. The largest absolute Gasteiger partial charge is 0.343 e. The summed E-state index contributed by atoms with van der Waals surface area (Å²) in [6, 6.07) is 7.91. The van der Waals surface area contributed by atoms with Gasteiger partial charge < -0.3 is 9.47 Å². The third kappa shape index (κ3) is 1.19. The first-order chi connectivity index (χ1) is 7.34. The van der Waals surface area contributed by atoms with Crippen LogP contribution in [-0.4, -0.2) is 13.2 Å². The van der Waals surface area contributed by atoms with E-state index >= 15 is 0 Å². The van der Waals surface area contributed by atoms with E-state index in [1.54, 1.807) is 0 Å². The van der Waals surface area contributed by atoms with Gasteiger partial charge in [-0.2, -0.15) is 5.26 Å². The lowest BCUT2D eigenvalue weighted by atomic mass is 10.0. The smallest absolute Gasteiger partial charge is 0.195 e. The van der Waals surface area contributed by atoms with Crippen molar-refractivity contribution in [2.24, 2.45) is 0 Å². The Labute approximate surface area is 88.2 Å². The first-order valence-corrected chi connectivity index (χ1v) is 5.15. The molecule has 0 N–H and O–H groups in total. The number of nitriles is 1. The van der Waals surface area contributed by atoms with Crippen molar-refractivity contribution in [3.63, 3.8) is 0 Å². The number of benzene rings is 1. The average molecular weight is 201 g/mol. The van der Waals surface area contributed by atoms with Crippen LogP contribution < -0.4 is 0 Å². The maximum Gasteiger partial charge on any atom is 0.195 e. The molecule has 0 amide bonds. The van der Waals surface area contributed by atoms with E-state index in [1.807, 2.05) is 18.2 Å². The lowest BCUT2D eigenvalue weighted by molar-refractivity contribution is -0.163. The van der Waals surface area contributed by atoms with Crippen LogP contribution in [0.25, 0.3) is 0 Å². The molecule has 1 aromatic carbocycles. The Hall–Kier alpha value is -1.37. The summed E-state index contributed by atoms with van der Waals surface area (Å²) in [5.74, 6) is -0.539. The number of rotatable bonds is 0. The SMILES string of the molecule is N#Cc1ccc2c(c1)C1(CC2)OCCO1. The molecule has 1 spiro atoms. The van der Waals surface area contributed by atoms with Crippen LogP contribution in [0.4, 0.5) is 0 Å². The maximum atomic E-state index is 8.87. The monoisotopic (exact) mass is 201 g/mol. The van der Waals surface area contributed by atoms with Crippen LogP contribution in [0, 0.1) is 11.3 Å². The molecule has 0 bridgehead atoms. The van der Waals surface area contributed by atoms with Crippen molar-refractivity contribution in [1.29, 1.82) is 5.26 Å². The zero-order valence-corrected chi connectivity index (χ0v) is 8.32. The molecule has 0 aromatic heterocycles. The minimum atomic E-state index is -0.539. The molecule has 76 valence electrons. The first kappa shape index (κ1) is 8.90. The first-order valence-electron chi connectivity index (χ1n) is 5.15. The number of ether oxygens (including phenoxy) is 2. The van der Waals surface area contributed by atoms with Crippen molar-refractivity contribution in [1.82, 2.24) is 0 Å². The summed E-state index contributed by atoms with van der Waals surface area (Å²) in [7, 11) is 0. The number of aryl methyl sites for hydroxylation is 1. The summed E-state index contributed by atoms with van der Waals surface area (Å²) in [6.07, 6.45) is 1.85. The van der Waals surface area contributed by atoms with Gasteiger partial charge >= 0.3 is 0 Å².